The zero-order chi connectivity index (χ0) is 21.2. The highest BCUT2D eigenvalue weighted by molar-refractivity contribution is 5.82. The molecule has 7 heteroatoms. The van der Waals surface area contributed by atoms with E-state index in [1.54, 1.807) is 6.20 Å². The molecule has 0 bridgehead atoms. The summed E-state index contributed by atoms with van der Waals surface area (Å²) >= 11 is 0. The number of hydrogen-bond donors (Lipinski definition) is 2. The number of fused-ring (bicyclic) bond motifs is 2. The largest absolute Gasteiger partial charge is 0.382 e. The molecule has 7 nitrogen and oxygen atoms in total. The van der Waals surface area contributed by atoms with E-state index >= 15 is 0 Å². The highest BCUT2D eigenvalue weighted by atomic mass is 16.2. The van der Waals surface area contributed by atoms with Crippen LogP contribution >= 0.6 is 0 Å². The Hall–Kier alpha value is -3.27. The van der Waals surface area contributed by atoms with Gasteiger partial charge in [-0.1, -0.05) is 12.1 Å². The molecule has 2 saturated heterocycles. The van der Waals surface area contributed by atoms with Gasteiger partial charge in [-0.15, -0.1) is 0 Å². The van der Waals surface area contributed by atoms with Gasteiger partial charge in [0.1, 0.15) is 11.9 Å². The second-order valence-corrected chi connectivity index (χ2v) is 8.67. The summed E-state index contributed by atoms with van der Waals surface area (Å²) in [5.74, 6) is 1.35. The number of benzene rings is 1. The SMILES string of the molecule is N#Cc1ccc(N2CCN3C(=O)[C@@H](CCCc4cccc5c4NCCN5)C[C@H]3C2)nc1. The number of aryl methyl sites for hydroxylation is 1. The number of hydrogen-bond acceptors (Lipinski definition) is 6. The van der Waals surface area contributed by atoms with Crippen LogP contribution in [0.2, 0.25) is 0 Å². The minimum atomic E-state index is 0.129. The Kier molecular flexibility index (Phi) is 5.37. The Bertz CT molecular complexity index is 998. The van der Waals surface area contributed by atoms with Gasteiger partial charge in [-0.25, -0.2) is 4.98 Å². The summed E-state index contributed by atoms with van der Waals surface area (Å²) in [4.78, 5) is 21.7. The van der Waals surface area contributed by atoms with E-state index in [-0.39, 0.29) is 12.0 Å². The van der Waals surface area contributed by atoms with Gasteiger partial charge in [-0.3, -0.25) is 4.79 Å². The molecule has 0 radical (unpaired) electrons. The molecular weight excluding hydrogens is 388 g/mol. The first-order valence-electron chi connectivity index (χ1n) is 11.2. The van der Waals surface area contributed by atoms with Gasteiger partial charge in [0.05, 0.1) is 23.0 Å². The van der Waals surface area contributed by atoms with Crippen molar-refractivity contribution in [1.82, 2.24) is 9.88 Å². The predicted molar refractivity (Wildman–Crippen MR) is 121 cm³/mol. The lowest BCUT2D eigenvalue weighted by molar-refractivity contribution is -0.132. The highest BCUT2D eigenvalue weighted by Crippen LogP contribution is 2.34. The topological polar surface area (TPSA) is 84.3 Å². The number of nitrogens with zero attached hydrogens (tertiary/aromatic N) is 4. The summed E-state index contributed by atoms with van der Waals surface area (Å²) in [7, 11) is 0. The Balaban J connectivity index is 1.18. The van der Waals surface area contributed by atoms with Crippen molar-refractivity contribution < 1.29 is 4.79 Å². The normalized spacial score (nSPS) is 22.2. The standard InChI is InChI=1S/C24H28N6O/c25-14-17-7-8-22(28-15-17)29-11-12-30-20(16-29)13-19(24(30)31)5-1-3-18-4-2-6-21-23(18)27-10-9-26-21/h2,4,6-8,15,19-20,26-27H,1,3,5,9-13,16H2/t19-,20-/m0/s1. The molecule has 3 aliphatic heterocycles. The number of aromatic nitrogens is 1. The molecular formula is C24H28N6O. The zero-order valence-corrected chi connectivity index (χ0v) is 17.7. The van der Waals surface area contributed by atoms with Crippen molar-refractivity contribution >= 4 is 23.1 Å². The van der Waals surface area contributed by atoms with Gasteiger partial charge in [0, 0.05) is 44.8 Å². The van der Waals surface area contributed by atoms with E-state index in [2.05, 4.69) is 49.7 Å². The number of nitrogens with one attached hydrogen (secondary N) is 2. The van der Waals surface area contributed by atoms with Crippen LogP contribution in [0, 0.1) is 17.2 Å². The molecule has 0 aliphatic carbocycles. The molecule has 2 atom stereocenters. The molecule has 4 heterocycles. The predicted octanol–water partition coefficient (Wildman–Crippen LogP) is 2.85. The maximum atomic E-state index is 13.0. The van der Waals surface area contributed by atoms with E-state index in [0.29, 0.717) is 11.5 Å². The van der Waals surface area contributed by atoms with Gasteiger partial charge < -0.3 is 20.4 Å². The molecule has 2 N–H and O–H groups in total. The smallest absolute Gasteiger partial charge is 0.226 e. The summed E-state index contributed by atoms with van der Waals surface area (Å²) in [5, 5.41) is 15.9. The number of amides is 1. The van der Waals surface area contributed by atoms with Crippen LogP contribution < -0.4 is 15.5 Å². The molecule has 0 unspecified atom stereocenters. The van der Waals surface area contributed by atoms with Crippen LogP contribution in [0.4, 0.5) is 17.2 Å². The minimum absolute atomic E-state index is 0.129. The molecule has 3 aliphatic rings. The number of carbonyl (C=O) groups is 1. The number of carbonyl (C=O) groups excluding carboxylic acids is 1. The monoisotopic (exact) mass is 416 g/mol. The third-order valence-electron chi connectivity index (χ3n) is 6.76. The first-order valence-corrected chi connectivity index (χ1v) is 11.2. The quantitative estimate of drug-likeness (QED) is 0.780. The van der Waals surface area contributed by atoms with Gasteiger partial charge in [0.2, 0.25) is 5.91 Å². The van der Waals surface area contributed by atoms with Gasteiger partial charge in [-0.2, -0.15) is 5.26 Å². The summed E-state index contributed by atoms with van der Waals surface area (Å²) in [6.45, 7) is 4.28. The number of anilines is 3. The molecule has 0 spiro atoms. The van der Waals surface area contributed by atoms with E-state index in [1.165, 1.54) is 16.9 Å². The third kappa shape index (κ3) is 3.90. The van der Waals surface area contributed by atoms with Crippen molar-refractivity contribution in [3.05, 3.63) is 47.7 Å². The van der Waals surface area contributed by atoms with Gasteiger partial charge in [0.25, 0.3) is 0 Å². The molecule has 160 valence electrons. The lowest BCUT2D eigenvalue weighted by Crippen LogP contribution is -2.51. The number of pyridine rings is 1. The van der Waals surface area contributed by atoms with Crippen molar-refractivity contribution in [1.29, 1.82) is 5.26 Å². The van der Waals surface area contributed by atoms with E-state index < -0.39 is 0 Å². The molecule has 31 heavy (non-hydrogen) atoms. The Morgan fingerprint density at radius 2 is 2.06 bits per heavy atom. The first-order chi connectivity index (χ1) is 15.2. The number of nitriles is 1. The van der Waals surface area contributed by atoms with E-state index in [1.807, 2.05) is 12.1 Å². The van der Waals surface area contributed by atoms with Crippen LogP contribution in [0.25, 0.3) is 0 Å². The first kappa shape index (κ1) is 19.7. The second-order valence-electron chi connectivity index (χ2n) is 8.67. The van der Waals surface area contributed by atoms with E-state index in [9.17, 15) is 4.79 Å². The lowest BCUT2D eigenvalue weighted by atomic mass is 9.95. The number of piperazine rings is 1. The van der Waals surface area contributed by atoms with Gasteiger partial charge in [-0.05, 0) is 49.4 Å². The molecule has 2 fully saturated rings. The van der Waals surface area contributed by atoms with Crippen molar-refractivity contribution in [3.63, 3.8) is 0 Å². The molecule has 1 aromatic heterocycles. The van der Waals surface area contributed by atoms with Crippen molar-refractivity contribution in [3.8, 4) is 6.07 Å². The maximum absolute atomic E-state index is 13.0. The lowest BCUT2D eigenvalue weighted by Gasteiger charge is -2.38. The number of para-hydroxylation sites is 1. The van der Waals surface area contributed by atoms with Gasteiger partial charge in [0.15, 0.2) is 0 Å². The second kappa shape index (κ2) is 8.46. The summed E-state index contributed by atoms with van der Waals surface area (Å²) in [6, 6.07) is 12.5. The molecule has 5 rings (SSSR count). The fraction of sp³-hybridized carbons (Fsp3) is 0.458. The van der Waals surface area contributed by atoms with Crippen LogP contribution in [0.5, 0.6) is 0 Å². The maximum Gasteiger partial charge on any atom is 0.226 e. The van der Waals surface area contributed by atoms with Crippen LogP contribution in [-0.2, 0) is 11.2 Å². The fourth-order valence-electron chi connectivity index (χ4n) is 5.19. The Labute approximate surface area is 183 Å². The molecule has 1 amide bonds. The van der Waals surface area contributed by atoms with E-state index in [4.69, 9.17) is 5.26 Å². The highest BCUT2D eigenvalue weighted by Gasteiger charge is 2.42. The fourth-order valence-corrected chi connectivity index (χ4v) is 5.19. The third-order valence-corrected chi connectivity index (χ3v) is 6.76. The van der Waals surface area contributed by atoms with Gasteiger partial charge >= 0.3 is 0 Å². The van der Waals surface area contributed by atoms with Crippen molar-refractivity contribution in [2.24, 2.45) is 5.92 Å². The number of rotatable bonds is 5. The average molecular weight is 417 g/mol. The summed E-state index contributed by atoms with van der Waals surface area (Å²) in [5.41, 5.74) is 4.33. The van der Waals surface area contributed by atoms with Crippen molar-refractivity contribution in [2.75, 3.05) is 48.3 Å². The van der Waals surface area contributed by atoms with Crippen molar-refractivity contribution in [2.45, 2.75) is 31.7 Å². The Morgan fingerprint density at radius 1 is 1.16 bits per heavy atom. The van der Waals surface area contributed by atoms with Crippen LogP contribution in [-0.4, -0.2) is 54.6 Å². The summed E-state index contributed by atoms with van der Waals surface area (Å²) in [6.07, 6.45) is 5.51. The van der Waals surface area contributed by atoms with Crippen LogP contribution in [0.3, 0.4) is 0 Å². The zero-order valence-electron chi connectivity index (χ0n) is 17.7. The molecule has 2 aromatic rings. The van der Waals surface area contributed by atoms with Crippen LogP contribution in [0.15, 0.2) is 36.5 Å². The minimum Gasteiger partial charge on any atom is -0.382 e. The van der Waals surface area contributed by atoms with Crippen LogP contribution in [0.1, 0.15) is 30.4 Å². The Morgan fingerprint density at radius 3 is 2.90 bits per heavy atom. The summed E-state index contributed by atoms with van der Waals surface area (Å²) < 4.78 is 0. The average Bonchev–Trinajstić information content (AvgIpc) is 3.14. The molecule has 1 aromatic carbocycles. The molecule has 0 saturated carbocycles. The van der Waals surface area contributed by atoms with E-state index in [0.717, 1.165) is 64.2 Å².